The molecule has 12 heteroatoms. The van der Waals surface area contributed by atoms with Crippen molar-refractivity contribution < 1.29 is 28.0 Å². The summed E-state index contributed by atoms with van der Waals surface area (Å²) in [5, 5.41) is 17.1. The number of anilines is 1. The fourth-order valence-electron chi connectivity index (χ4n) is 2.11. The average Bonchev–Trinajstić information content (AvgIpc) is 2.96. The molecule has 0 radical (unpaired) electrons. The van der Waals surface area contributed by atoms with E-state index in [-0.39, 0.29) is 41.4 Å². The second kappa shape index (κ2) is 9.26. The molecule has 9 nitrogen and oxygen atoms in total. The fourth-order valence-corrected chi connectivity index (χ4v) is 2.57. The number of ether oxygens (including phenoxy) is 2. The van der Waals surface area contributed by atoms with Crippen molar-refractivity contribution in [3.8, 4) is 11.5 Å². The van der Waals surface area contributed by atoms with Crippen LogP contribution in [0.3, 0.4) is 0 Å². The number of carbonyl (C=O) groups excluding carboxylic acids is 1. The van der Waals surface area contributed by atoms with Gasteiger partial charge in [0.1, 0.15) is 4.47 Å². The van der Waals surface area contributed by atoms with Gasteiger partial charge in [0.15, 0.2) is 11.5 Å². The molecular formula is C15H15BrF2N4O5. The highest BCUT2D eigenvalue weighted by atomic mass is 79.9. The zero-order chi connectivity index (χ0) is 20.0. The predicted octanol–water partition coefficient (Wildman–Crippen LogP) is 3.58. The van der Waals surface area contributed by atoms with Crippen LogP contribution in [0, 0.1) is 10.1 Å². The van der Waals surface area contributed by atoms with Crippen molar-refractivity contribution >= 4 is 33.3 Å². The van der Waals surface area contributed by atoms with E-state index in [1.54, 1.807) is 6.92 Å². The van der Waals surface area contributed by atoms with E-state index in [9.17, 15) is 23.7 Å². The third kappa shape index (κ3) is 5.88. The van der Waals surface area contributed by atoms with Crippen LogP contribution in [0.2, 0.25) is 0 Å². The van der Waals surface area contributed by atoms with Gasteiger partial charge in [-0.3, -0.25) is 4.79 Å². The van der Waals surface area contributed by atoms with Crippen LogP contribution < -0.4 is 14.8 Å². The molecule has 0 aliphatic rings. The first-order valence-electron chi connectivity index (χ1n) is 7.69. The Kier molecular flexibility index (Phi) is 7.05. The van der Waals surface area contributed by atoms with E-state index in [0.717, 1.165) is 0 Å². The number of nitrogens with zero attached hydrogens (tertiary/aromatic N) is 3. The Morgan fingerprint density at radius 2 is 2.19 bits per heavy atom. The van der Waals surface area contributed by atoms with Gasteiger partial charge >= 0.3 is 12.4 Å². The summed E-state index contributed by atoms with van der Waals surface area (Å²) in [5.41, 5.74) is 0.331. The van der Waals surface area contributed by atoms with Gasteiger partial charge in [0.05, 0.1) is 24.4 Å². The van der Waals surface area contributed by atoms with Gasteiger partial charge in [0, 0.05) is 18.2 Å². The van der Waals surface area contributed by atoms with Gasteiger partial charge in [-0.2, -0.15) is 13.5 Å². The average molecular weight is 449 g/mol. The lowest BCUT2D eigenvalue weighted by atomic mass is 10.2. The molecule has 1 aromatic heterocycles. The van der Waals surface area contributed by atoms with Crippen LogP contribution >= 0.6 is 15.9 Å². The van der Waals surface area contributed by atoms with Crippen molar-refractivity contribution in [3.63, 3.8) is 0 Å². The van der Waals surface area contributed by atoms with Crippen LogP contribution in [-0.2, 0) is 11.3 Å². The molecule has 0 unspecified atom stereocenters. The summed E-state index contributed by atoms with van der Waals surface area (Å²) in [5.74, 6) is -0.804. The van der Waals surface area contributed by atoms with Crippen LogP contribution in [0.4, 0.5) is 20.3 Å². The summed E-state index contributed by atoms with van der Waals surface area (Å²) < 4.78 is 35.9. The number of nitro groups is 1. The van der Waals surface area contributed by atoms with E-state index in [2.05, 4.69) is 31.1 Å². The lowest BCUT2D eigenvalue weighted by Crippen LogP contribution is -2.15. The van der Waals surface area contributed by atoms with E-state index < -0.39 is 17.4 Å². The van der Waals surface area contributed by atoms with Gasteiger partial charge < -0.3 is 24.9 Å². The summed E-state index contributed by atoms with van der Waals surface area (Å²) in [4.78, 5) is 22.2. The number of carbonyl (C=O) groups is 1. The van der Waals surface area contributed by atoms with E-state index in [0.29, 0.717) is 5.69 Å². The van der Waals surface area contributed by atoms with Crippen molar-refractivity contribution in [1.29, 1.82) is 0 Å². The fraction of sp³-hybridized carbons (Fsp3) is 0.333. The summed E-state index contributed by atoms with van der Waals surface area (Å²) >= 11 is 3.02. The maximum Gasteiger partial charge on any atom is 0.404 e. The molecule has 0 spiro atoms. The summed E-state index contributed by atoms with van der Waals surface area (Å²) in [6.45, 7) is -0.978. The van der Waals surface area contributed by atoms with E-state index in [1.165, 1.54) is 29.1 Å². The number of amides is 1. The molecule has 1 heterocycles. The first-order chi connectivity index (χ1) is 12.8. The van der Waals surface area contributed by atoms with Crippen molar-refractivity contribution in [3.05, 3.63) is 39.0 Å². The highest BCUT2D eigenvalue weighted by Crippen LogP contribution is 2.32. The zero-order valence-electron chi connectivity index (χ0n) is 14.0. The van der Waals surface area contributed by atoms with Crippen LogP contribution in [-0.4, -0.2) is 33.8 Å². The topological polar surface area (TPSA) is 109 Å². The molecular weight excluding hydrogens is 434 g/mol. The quantitative estimate of drug-likeness (QED) is 0.463. The number of aryl methyl sites for hydroxylation is 1. The predicted molar refractivity (Wildman–Crippen MR) is 94.1 cm³/mol. The van der Waals surface area contributed by atoms with Crippen molar-refractivity contribution in [2.45, 2.75) is 26.5 Å². The van der Waals surface area contributed by atoms with Gasteiger partial charge in [-0.25, -0.2) is 0 Å². The number of alkyl halides is 2. The van der Waals surface area contributed by atoms with Gasteiger partial charge in [0.25, 0.3) is 0 Å². The highest BCUT2D eigenvalue weighted by molar-refractivity contribution is 9.10. The van der Waals surface area contributed by atoms with Crippen molar-refractivity contribution in [1.82, 2.24) is 9.78 Å². The normalized spacial score (nSPS) is 10.7. The number of benzene rings is 1. The van der Waals surface area contributed by atoms with Crippen LogP contribution in [0.5, 0.6) is 11.5 Å². The molecule has 27 heavy (non-hydrogen) atoms. The molecule has 1 amide bonds. The van der Waals surface area contributed by atoms with Gasteiger partial charge in [0.2, 0.25) is 5.91 Å². The Hall–Kier alpha value is -2.76. The number of hydrogen-bond donors (Lipinski definition) is 1. The number of aromatic nitrogens is 2. The van der Waals surface area contributed by atoms with Crippen LogP contribution in [0.15, 0.2) is 28.9 Å². The smallest absolute Gasteiger partial charge is 0.404 e. The molecule has 0 bridgehead atoms. The molecule has 2 aromatic rings. The molecule has 2 rings (SSSR count). The third-order valence-corrected chi connectivity index (χ3v) is 3.74. The van der Waals surface area contributed by atoms with E-state index >= 15 is 0 Å². The minimum Gasteiger partial charge on any atom is -0.490 e. The molecule has 0 atom stereocenters. The zero-order valence-corrected chi connectivity index (χ0v) is 15.6. The third-order valence-electron chi connectivity index (χ3n) is 3.18. The summed E-state index contributed by atoms with van der Waals surface area (Å²) in [6.07, 6.45) is 1.39. The van der Waals surface area contributed by atoms with Crippen molar-refractivity contribution in [2.24, 2.45) is 0 Å². The molecule has 0 aliphatic heterocycles. The minimum atomic E-state index is -3.00. The van der Waals surface area contributed by atoms with Gasteiger partial charge in [-0.05, 0) is 39.9 Å². The second-order valence-corrected chi connectivity index (χ2v) is 5.95. The molecule has 0 saturated heterocycles. The summed E-state index contributed by atoms with van der Waals surface area (Å²) in [7, 11) is 0. The highest BCUT2D eigenvalue weighted by Gasteiger charge is 2.19. The maximum atomic E-state index is 12.4. The van der Waals surface area contributed by atoms with Gasteiger partial charge in [-0.1, -0.05) is 0 Å². The summed E-state index contributed by atoms with van der Waals surface area (Å²) in [6, 6.07) is 4.03. The molecule has 0 aliphatic carbocycles. The Morgan fingerprint density at radius 1 is 1.44 bits per heavy atom. The lowest BCUT2D eigenvalue weighted by molar-refractivity contribution is -0.390. The van der Waals surface area contributed by atoms with Gasteiger partial charge in [-0.15, -0.1) is 0 Å². The number of halogens is 3. The number of nitrogens with one attached hydrogen (secondary N) is 1. The second-order valence-electron chi connectivity index (χ2n) is 5.09. The first kappa shape index (κ1) is 20.6. The molecule has 0 saturated carbocycles. The Bertz CT molecular complexity index is 831. The Morgan fingerprint density at radius 3 is 2.78 bits per heavy atom. The number of rotatable bonds is 9. The Balaban J connectivity index is 1.99. The molecule has 146 valence electrons. The van der Waals surface area contributed by atoms with Crippen molar-refractivity contribution in [2.75, 3.05) is 11.9 Å². The SMILES string of the molecule is CCOc1cc(NC(=O)CCn2cc(Br)c([N+](=O)[O-])n2)ccc1OC(F)F. The van der Waals surface area contributed by atoms with Crippen LogP contribution in [0.25, 0.3) is 0 Å². The lowest BCUT2D eigenvalue weighted by Gasteiger charge is -2.13. The largest absolute Gasteiger partial charge is 0.490 e. The first-order valence-corrected chi connectivity index (χ1v) is 8.48. The van der Waals surface area contributed by atoms with E-state index in [4.69, 9.17) is 4.74 Å². The molecule has 0 fully saturated rings. The van der Waals surface area contributed by atoms with E-state index in [1.807, 2.05) is 0 Å². The molecule has 1 N–H and O–H groups in total. The standard InChI is InChI=1S/C15H15BrF2N4O5/c1-2-26-12-7-9(3-4-11(12)27-15(17)18)19-13(23)5-6-21-8-10(16)14(20-21)22(24)25/h3-4,7-8,15H,2,5-6H2,1H3,(H,19,23). The minimum absolute atomic E-state index is 0.00940. The Labute approximate surface area is 160 Å². The molecule has 1 aromatic carbocycles. The van der Waals surface area contributed by atoms with Crippen LogP contribution in [0.1, 0.15) is 13.3 Å². The maximum absolute atomic E-state index is 12.4. The monoisotopic (exact) mass is 448 g/mol. The number of hydrogen-bond acceptors (Lipinski definition) is 6.